The van der Waals surface area contributed by atoms with Gasteiger partial charge in [0.05, 0.1) is 23.0 Å². The van der Waals surface area contributed by atoms with Crippen LogP contribution >= 0.6 is 11.6 Å². The maximum atomic E-state index is 6.15. The number of rotatable bonds is 6. The second-order valence-electron chi connectivity index (χ2n) is 3.38. The lowest BCUT2D eigenvalue weighted by molar-refractivity contribution is 0.115. The van der Waals surface area contributed by atoms with Crippen molar-refractivity contribution < 1.29 is 4.74 Å². The molecule has 1 aromatic heterocycles. The van der Waals surface area contributed by atoms with Crippen LogP contribution in [0.25, 0.3) is 0 Å². The third-order valence-corrected chi connectivity index (χ3v) is 2.67. The highest BCUT2D eigenvalue weighted by Crippen LogP contribution is 2.21. The fourth-order valence-electron chi connectivity index (χ4n) is 1.33. The molecule has 0 atom stereocenters. The minimum absolute atomic E-state index is 0.502. The first-order valence-corrected chi connectivity index (χ1v) is 5.56. The molecule has 0 spiro atoms. The van der Waals surface area contributed by atoms with Gasteiger partial charge in [0.25, 0.3) is 0 Å². The summed E-state index contributed by atoms with van der Waals surface area (Å²) >= 11 is 6.15. The van der Waals surface area contributed by atoms with Crippen LogP contribution in [0, 0.1) is 0 Å². The van der Waals surface area contributed by atoms with Crippen molar-refractivity contribution in [3.8, 4) is 0 Å². The summed E-state index contributed by atoms with van der Waals surface area (Å²) in [5, 5.41) is 5.04. The molecular formula is C10H18ClN3O. The van der Waals surface area contributed by atoms with Gasteiger partial charge in [0, 0.05) is 13.7 Å². The fraction of sp³-hybridized carbons (Fsp3) is 0.700. The van der Waals surface area contributed by atoms with E-state index < -0.39 is 0 Å². The number of aryl methyl sites for hydroxylation is 2. The molecule has 0 radical (unpaired) electrons. The number of aromatic nitrogens is 2. The largest absolute Gasteiger partial charge is 0.375 e. The van der Waals surface area contributed by atoms with Gasteiger partial charge in [-0.2, -0.15) is 5.10 Å². The first-order chi connectivity index (χ1) is 7.20. The maximum absolute atomic E-state index is 6.15. The molecule has 4 nitrogen and oxygen atoms in total. The van der Waals surface area contributed by atoms with Gasteiger partial charge < -0.3 is 10.5 Å². The predicted octanol–water partition coefficient (Wildman–Crippen LogP) is 1.50. The van der Waals surface area contributed by atoms with Gasteiger partial charge in [-0.05, 0) is 19.4 Å². The van der Waals surface area contributed by atoms with E-state index in [2.05, 4.69) is 5.10 Å². The molecule has 2 N–H and O–H groups in total. The normalized spacial score (nSPS) is 10.9. The quantitative estimate of drug-likeness (QED) is 0.755. The van der Waals surface area contributed by atoms with Crippen LogP contribution in [0.15, 0.2) is 0 Å². The summed E-state index contributed by atoms with van der Waals surface area (Å²) in [4.78, 5) is 0. The van der Waals surface area contributed by atoms with Gasteiger partial charge in [-0.25, -0.2) is 0 Å². The van der Waals surface area contributed by atoms with E-state index >= 15 is 0 Å². The highest BCUT2D eigenvalue weighted by atomic mass is 35.5. The fourth-order valence-corrected chi connectivity index (χ4v) is 1.68. The van der Waals surface area contributed by atoms with Crippen molar-refractivity contribution in [3.05, 3.63) is 16.4 Å². The summed E-state index contributed by atoms with van der Waals surface area (Å²) < 4.78 is 7.24. The van der Waals surface area contributed by atoms with Crippen LogP contribution in [0.2, 0.25) is 5.02 Å². The topological polar surface area (TPSA) is 53.1 Å². The van der Waals surface area contributed by atoms with Crippen LogP contribution in [0.5, 0.6) is 0 Å². The van der Waals surface area contributed by atoms with Crippen LogP contribution in [-0.2, 0) is 24.8 Å². The summed E-state index contributed by atoms with van der Waals surface area (Å²) in [6.07, 6.45) is 1.71. The Morgan fingerprint density at radius 2 is 2.27 bits per heavy atom. The lowest BCUT2D eigenvalue weighted by atomic mass is 10.3. The summed E-state index contributed by atoms with van der Waals surface area (Å²) in [5.41, 5.74) is 7.23. The van der Waals surface area contributed by atoms with Crippen molar-refractivity contribution in [1.29, 1.82) is 0 Å². The van der Waals surface area contributed by atoms with E-state index in [0.717, 1.165) is 29.3 Å². The molecule has 0 aromatic carbocycles. The number of halogens is 1. The summed E-state index contributed by atoms with van der Waals surface area (Å²) in [7, 11) is 1.88. The van der Waals surface area contributed by atoms with Crippen molar-refractivity contribution in [3.63, 3.8) is 0 Å². The molecule has 0 fully saturated rings. The monoisotopic (exact) mass is 231 g/mol. The van der Waals surface area contributed by atoms with Gasteiger partial charge in [-0.1, -0.05) is 18.5 Å². The number of nitrogens with zero attached hydrogens (tertiary/aromatic N) is 2. The zero-order valence-corrected chi connectivity index (χ0v) is 10.0. The van der Waals surface area contributed by atoms with Crippen molar-refractivity contribution in [2.45, 2.75) is 26.4 Å². The van der Waals surface area contributed by atoms with Crippen LogP contribution in [0.1, 0.15) is 24.7 Å². The Hall–Kier alpha value is -0.580. The maximum Gasteiger partial charge on any atom is 0.0899 e. The van der Waals surface area contributed by atoms with Crippen LogP contribution < -0.4 is 5.73 Å². The SMILES string of the molecule is CCc1nn(C)c(COCCCN)c1Cl. The molecule has 0 unspecified atom stereocenters. The van der Waals surface area contributed by atoms with E-state index in [4.69, 9.17) is 22.1 Å². The van der Waals surface area contributed by atoms with Gasteiger partial charge in [-0.3, -0.25) is 4.68 Å². The van der Waals surface area contributed by atoms with Crippen molar-refractivity contribution >= 4 is 11.6 Å². The molecule has 0 aliphatic heterocycles. The molecule has 0 bridgehead atoms. The van der Waals surface area contributed by atoms with E-state index in [9.17, 15) is 0 Å². The number of hydrogen-bond acceptors (Lipinski definition) is 3. The van der Waals surface area contributed by atoms with Crippen LogP contribution in [-0.4, -0.2) is 22.9 Å². The Morgan fingerprint density at radius 1 is 1.53 bits per heavy atom. The third kappa shape index (κ3) is 3.19. The predicted molar refractivity (Wildman–Crippen MR) is 60.9 cm³/mol. The highest BCUT2D eigenvalue weighted by Gasteiger charge is 2.12. The number of hydrogen-bond donors (Lipinski definition) is 1. The molecule has 0 saturated carbocycles. The summed E-state index contributed by atoms with van der Waals surface area (Å²) in [5.74, 6) is 0. The molecule has 1 rings (SSSR count). The Bertz CT molecular complexity index is 312. The van der Waals surface area contributed by atoms with Crippen molar-refractivity contribution in [1.82, 2.24) is 9.78 Å². The second kappa shape index (κ2) is 6.10. The summed E-state index contributed by atoms with van der Waals surface area (Å²) in [6, 6.07) is 0. The standard InChI is InChI=1S/C10H18ClN3O/c1-3-8-10(11)9(14(2)13-8)7-15-6-4-5-12/h3-7,12H2,1-2H3. The first kappa shape index (κ1) is 12.5. The van der Waals surface area contributed by atoms with Gasteiger partial charge in [-0.15, -0.1) is 0 Å². The average molecular weight is 232 g/mol. The van der Waals surface area contributed by atoms with Gasteiger partial charge in [0.15, 0.2) is 0 Å². The first-order valence-electron chi connectivity index (χ1n) is 5.18. The minimum Gasteiger partial charge on any atom is -0.375 e. The minimum atomic E-state index is 0.502. The van der Waals surface area contributed by atoms with E-state index in [1.807, 2.05) is 14.0 Å². The molecule has 0 saturated heterocycles. The molecule has 15 heavy (non-hydrogen) atoms. The Balaban J connectivity index is 2.56. The average Bonchev–Trinajstić information content (AvgIpc) is 2.50. The smallest absolute Gasteiger partial charge is 0.0899 e. The van der Waals surface area contributed by atoms with Crippen molar-refractivity contribution in [2.75, 3.05) is 13.2 Å². The number of nitrogens with two attached hydrogens (primary N) is 1. The highest BCUT2D eigenvalue weighted by molar-refractivity contribution is 6.31. The van der Waals surface area contributed by atoms with Crippen molar-refractivity contribution in [2.24, 2.45) is 12.8 Å². The van der Waals surface area contributed by atoms with Crippen LogP contribution in [0.4, 0.5) is 0 Å². The Labute approximate surface area is 95.3 Å². The molecular weight excluding hydrogens is 214 g/mol. The number of ether oxygens (including phenoxy) is 1. The van der Waals surface area contributed by atoms with E-state index in [0.29, 0.717) is 19.8 Å². The lowest BCUT2D eigenvalue weighted by Crippen LogP contribution is -2.06. The second-order valence-corrected chi connectivity index (χ2v) is 3.76. The van der Waals surface area contributed by atoms with E-state index in [-0.39, 0.29) is 0 Å². The van der Waals surface area contributed by atoms with Gasteiger partial charge in [0.1, 0.15) is 0 Å². The molecule has 0 amide bonds. The lowest BCUT2D eigenvalue weighted by Gasteiger charge is -2.04. The Kier molecular flexibility index (Phi) is 5.08. The molecule has 1 heterocycles. The Morgan fingerprint density at radius 3 is 2.80 bits per heavy atom. The molecule has 5 heteroatoms. The summed E-state index contributed by atoms with van der Waals surface area (Å²) in [6.45, 7) is 3.86. The molecule has 0 aliphatic rings. The molecule has 86 valence electrons. The third-order valence-electron chi connectivity index (χ3n) is 2.23. The van der Waals surface area contributed by atoms with E-state index in [1.54, 1.807) is 4.68 Å². The van der Waals surface area contributed by atoms with E-state index in [1.165, 1.54) is 0 Å². The van der Waals surface area contributed by atoms with Gasteiger partial charge in [0.2, 0.25) is 0 Å². The van der Waals surface area contributed by atoms with Gasteiger partial charge >= 0.3 is 0 Å². The molecule has 1 aromatic rings. The zero-order valence-electron chi connectivity index (χ0n) is 9.29. The molecule has 0 aliphatic carbocycles. The van der Waals surface area contributed by atoms with Crippen LogP contribution in [0.3, 0.4) is 0 Å². The zero-order chi connectivity index (χ0) is 11.3.